The molecule has 1 aliphatic carbocycles. The lowest BCUT2D eigenvalue weighted by atomic mass is 9.73. The largest absolute Gasteiger partial charge is 0.493 e. The van der Waals surface area contributed by atoms with E-state index in [-0.39, 0.29) is 24.3 Å². The lowest BCUT2D eigenvalue weighted by molar-refractivity contribution is -0.150. The molecule has 10 heteroatoms. The van der Waals surface area contributed by atoms with E-state index in [0.29, 0.717) is 30.2 Å². The van der Waals surface area contributed by atoms with Gasteiger partial charge in [-0.2, -0.15) is 4.98 Å². The molecule has 4 rings (SSSR count). The first kappa shape index (κ1) is 21.8. The molecule has 1 spiro atoms. The maximum Gasteiger partial charge on any atom is 0.326 e. The number of amides is 3. The van der Waals surface area contributed by atoms with Crippen LogP contribution in [0.25, 0.3) is 11.4 Å². The summed E-state index contributed by atoms with van der Waals surface area (Å²) in [7, 11) is 0. The first-order valence-corrected chi connectivity index (χ1v) is 10.8. The summed E-state index contributed by atoms with van der Waals surface area (Å²) < 4.78 is 15.9. The summed E-state index contributed by atoms with van der Waals surface area (Å²) in [6.45, 7) is 3.58. The van der Waals surface area contributed by atoms with Crippen molar-refractivity contribution in [3.8, 4) is 17.1 Å². The smallest absolute Gasteiger partial charge is 0.326 e. The number of hydrogen-bond donors (Lipinski definition) is 1. The van der Waals surface area contributed by atoms with Crippen molar-refractivity contribution in [2.45, 2.75) is 51.7 Å². The highest BCUT2D eigenvalue weighted by atomic mass is 16.6. The fourth-order valence-corrected chi connectivity index (χ4v) is 4.31. The van der Waals surface area contributed by atoms with Gasteiger partial charge in [-0.15, -0.1) is 0 Å². The Bertz CT molecular complexity index is 1020. The van der Waals surface area contributed by atoms with Crippen molar-refractivity contribution >= 4 is 17.9 Å². The van der Waals surface area contributed by atoms with Crippen molar-refractivity contribution in [1.82, 2.24) is 20.4 Å². The molecule has 0 radical (unpaired) electrons. The van der Waals surface area contributed by atoms with Crippen molar-refractivity contribution in [2.24, 2.45) is 5.92 Å². The summed E-state index contributed by atoms with van der Waals surface area (Å²) in [5.41, 5.74) is -0.257. The van der Waals surface area contributed by atoms with Gasteiger partial charge in [-0.05, 0) is 37.8 Å². The van der Waals surface area contributed by atoms with Gasteiger partial charge in [0, 0.05) is 0 Å². The average Bonchev–Trinajstić information content (AvgIpc) is 3.34. The minimum Gasteiger partial charge on any atom is -0.493 e. The van der Waals surface area contributed by atoms with Crippen LogP contribution in [0.5, 0.6) is 5.75 Å². The molecule has 1 saturated heterocycles. The first-order chi connectivity index (χ1) is 15.4. The van der Waals surface area contributed by atoms with Gasteiger partial charge in [-0.25, -0.2) is 4.79 Å². The molecule has 10 nitrogen and oxygen atoms in total. The van der Waals surface area contributed by atoms with Crippen LogP contribution in [0, 0.1) is 5.92 Å². The minimum absolute atomic E-state index is 0.0186. The van der Waals surface area contributed by atoms with E-state index in [1.807, 2.05) is 26.0 Å². The number of aromatic nitrogens is 2. The Morgan fingerprint density at radius 1 is 1.31 bits per heavy atom. The molecule has 2 aliphatic rings. The topological polar surface area (TPSA) is 124 Å². The zero-order valence-corrected chi connectivity index (χ0v) is 18.1. The summed E-state index contributed by atoms with van der Waals surface area (Å²) in [6.07, 6.45) is 3.32. The molecule has 0 bridgehead atoms. The number of hydrogen-bond acceptors (Lipinski definition) is 8. The van der Waals surface area contributed by atoms with Crippen LogP contribution in [0.15, 0.2) is 28.8 Å². The van der Waals surface area contributed by atoms with Gasteiger partial charge in [0.1, 0.15) is 17.8 Å². The van der Waals surface area contributed by atoms with E-state index in [1.165, 1.54) is 0 Å². The number of esters is 1. The fourth-order valence-electron chi connectivity index (χ4n) is 4.31. The van der Waals surface area contributed by atoms with Crippen LogP contribution in [0.3, 0.4) is 0 Å². The Hall–Kier alpha value is -3.43. The summed E-state index contributed by atoms with van der Waals surface area (Å²) >= 11 is 0. The SMILES string of the molecule is CCOc1ccccc1-c1noc(COC(=O)CN2C(=O)NC3(CCCCC3C)C2=O)n1. The second-order valence-corrected chi connectivity index (χ2v) is 8.04. The molecule has 1 saturated carbocycles. The third-order valence-corrected chi connectivity index (χ3v) is 6.04. The molecule has 2 unspecified atom stereocenters. The Morgan fingerprint density at radius 3 is 2.91 bits per heavy atom. The zero-order valence-electron chi connectivity index (χ0n) is 18.1. The van der Waals surface area contributed by atoms with Gasteiger partial charge in [0.2, 0.25) is 5.82 Å². The molecule has 3 amide bonds. The van der Waals surface area contributed by atoms with Gasteiger partial charge in [-0.3, -0.25) is 14.5 Å². The summed E-state index contributed by atoms with van der Waals surface area (Å²) in [5.74, 6) is -0.0618. The van der Waals surface area contributed by atoms with E-state index in [9.17, 15) is 14.4 Å². The standard InChI is InChI=1S/C22H26N4O6/c1-3-30-16-10-5-4-9-15(16)19-23-17(32-25-19)13-31-18(27)12-26-20(28)22(24-21(26)29)11-7-6-8-14(22)2/h4-5,9-10,14H,3,6-8,11-13H2,1-2H3,(H,24,29). The van der Waals surface area contributed by atoms with Crippen LogP contribution in [0.4, 0.5) is 4.79 Å². The number of ether oxygens (including phenoxy) is 2. The molecular formula is C22H26N4O6. The molecule has 32 heavy (non-hydrogen) atoms. The van der Waals surface area contributed by atoms with Gasteiger partial charge < -0.3 is 19.3 Å². The number of carbonyl (C=O) groups is 3. The maximum atomic E-state index is 12.9. The van der Waals surface area contributed by atoms with E-state index in [1.54, 1.807) is 12.1 Å². The second kappa shape index (κ2) is 8.97. The summed E-state index contributed by atoms with van der Waals surface area (Å²) in [4.78, 5) is 42.8. The van der Waals surface area contributed by atoms with Crippen LogP contribution in [0.1, 0.15) is 45.4 Å². The summed E-state index contributed by atoms with van der Waals surface area (Å²) in [5, 5.41) is 6.73. The number of carbonyl (C=O) groups excluding carboxylic acids is 3. The summed E-state index contributed by atoms with van der Waals surface area (Å²) in [6, 6.07) is 6.70. The van der Waals surface area contributed by atoms with Gasteiger partial charge in [0.25, 0.3) is 11.8 Å². The van der Waals surface area contributed by atoms with Gasteiger partial charge in [0.15, 0.2) is 6.61 Å². The molecule has 2 heterocycles. The number of urea groups is 1. The molecule has 1 aliphatic heterocycles. The highest BCUT2D eigenvalue weighted by Gasteiger charge is 2.55. The molecule has 2 aromatic rings. The molecule has 2 fully saturated rings. The first-order valence-electron chi connectivity index (χ1n) is 10.8. The van der Waals surface area contributed by atoms with Crippen LogP contribution >= 0.6 is 0 Å². The average molecular weight is 442 g/mol. The highest BCUT2D eigenvalue weighted by Crippen LogP contribution is 2.38. The number of nitrogens with one attached hydrogen (secondary N) is 1. The van der Waals surface area contributed by atoms with E-state index < -0.39 is 24.1 Å². The van der Waals surface area contributed by atoms with E-state index >= 15 is 0 Å². The molecule has 1 aromatic carbocycles. The van der Waals surface area contributed by atoms with Crippen molar-refractivity contribution in [3.05, 3.63) is 30.2 Å². The quantitative estimate of drug-likeness (QED) is 0.513. The van der Waals surface area contributed by atoms with Crippen molar-refractivity contribution in [2.75, 3.05) is 13.2 Å². The minimum atomic E-state index is -0.912. The predicted octanol–water partition coefficient (Wildman–Crippen LogP) is 2.68. The van der Waals surface area contributed by atoms with Crippen LogP contribution in [-0.2, 0) is 20.9 Å². The Morgan fingerprint density at radius 2 is 2.12 bits per heavy atom. The maximum absolute atomic E-state index is 12.9. The van der Waals surface area contributed by atoms with E-state index in [0.717, 1.165) is 24.2 Å². The zero-order chi connectivity index (χ0) is 22.7. The van der Waals surface area contributed by atoms with Crippen molar-refractivity contribution in [1.29, 1.82) is 0 Å². The number of imide groups is 1. The third-order valence-electron chi connectivity index (χ3n) is 6.04. The van der Waals surface area contributed by atoms with E-state index in [4.69, 9.17) is 14.0 Å². The molecule has 170 valence electrons. The predicted molar refractivity (Wildman–Crippen MR) is 111 cm³/mol. The Kier molecular flexibility index (Phi) is 6.11. The fraction of sp³-hybridized carbons (Fsp3) is 0.500. The third kappa shape index (κ3) is 4.04. The molecule has 1 aromatic heterocycles. The van der Waals surface area contributed by atoms with Crippen molar-refractivity contribution in [3.63, 3.8) is 0 Å². The van der Waals surface area contributed by atoms with E-state index in [2.05, 4.69) is 15.5 Å². The second-order valence-electron chi connectivity index (χ2n) is 8.04. The lowest BCUT2D eigenvalue weighted by Crippen LogP contribution is -2.54. The highest BCUT2D eigenvalue weighted by molar-refractivity contribution is 6.08. The van der Waals surface area contributed by atoms with Gasteiger partial charge in [-0.1, -0.05) is 37.1 Å². The lowest BCUT2D eigenvalue weighted by Gasteiger charge is -2.36. The van der Waals surface area contributed by atoms with Crippen molar-refractivity contribution < 1.29 is 28.4 Å². The van der Waals surface area contributed by atoms with Crippen LogP contribution in [-0.4, -0.2) is 51.6 Å². The molecule has 2 atom stereocenters. The van der Waals surface area contributed by atoms with Gasteiger partial charge >= 0.3 is 12.0 Å². The van der Waals surface area contributed by atoms with Crippen LogP contribution < -0.4 is 10.1 Å². The number of rotatable bonds is 7. The number of benzene rings is 1. The molecular weight excluding hydrogens is 416 g/mol. The Labute approximate surface area is 185 Å². The number of nitrogens with zero attached hydrogens (tertiary/aromatic N) is 3. The molecule has 1 N–H and O–H groups in total. The Balaban J connectivity index is 1.36. The van der Waals surface area contributed by atoms with Crippen LogP contribution in [0.2, 0.25) is 0 Å². The monoisotopic (exact) mass is 442 g/mol. The normalized spacial score (nSPS) is 22.8. The number of para-hydroxylation sites is 1. The van der Waals surface area contributed by atoms with Gasteiger partial charge in [0.05, 0.1) is 12.2 Å².